The minimum atomic E-state index is -1.05. The highest BCUT2D eigenvalue weighted by Crippen LogP contribution is 2.20. The SMILES string of the molecule is CN(CCCO)C(=O)c1sccc1/C=C/C(=O)O. The highest BCUT2D eigenvalue weighted by atomic mass is 32.1. The highest BCUT2D eigenvalue weighted by Gasteiger charge is 2.15. The molecular formula is C12H15NO4S. The Morgan fingerprint density at radius 1 is 1.50 bits per heavy atom. The van der Waals surface area contributed by atoms with Crippen LogP contribution in [-0.4, -0.2) is 47.2 Å². The standard InChI is InChI=1S/C12H15NO4S/c1-13(6-2-7-14)12(17)11-9(5-8-18-11)3-4-10(15)16/h3-5,8,14H,2,6-7H2,1H3,(H,15,16)/b4-3+. The van der Waals surface area contributed by atoms with Gasteiger partial charge < -0.3 is 15.1 Å². The van der Waals surface area contributed by atoms with Crippen LogP contribution in [0.2, 0.25) is 0 Å². The van der Waals surface area contributed by atoms with Crippen molar-refractivity contribution in [3.8, 4) is 0 Å². The molecule has 2 N–H and O–H groups in total. The average Bonchev–Trinajstić information content (AvgIpc) is 2.80. The van der Waals surface area contributed by atoms with Gasteiger partial charge in [-0.05, 0) is 29.5 Å². The Labute approximate surface area is 109 Å². The summed E-state index contributed by atoms with van der Waals surface area (Å²) >= 11 is 1.27. The number of hydrogen-bond acceptors (Lipinski definition) is 4. The predicted octanol–water partition coefficient (Wildman–Crippen LogP) is 1.30. The van der Waals surface area contributed by atoms with Crippen molar-refractivity contribution in [2.75, 3.05) is 20.2 Å². The van der Waals surface area contributed by atoms with Crippen LogP contribution in [0.15, 0.2) is 17.5 Å². The molecule has 0 bridgehead atoms. The molecule has 1 heterocycles. The molecule has 0 aliphatic rings. The number of carbonyl (C=O) groups is 2. The Morgan fingerprint density at radius 3 is 2.83 bits per heavy atom. The van der Waals surface area contributed by atoms with Gasteiger partial charge >= 0.3 is 5.97 Å². The Hall–Kier alpha value is -1.66. The molecule has 0 saturated heterocycles. The molecule has 0 fully saturated rings. The largest absolute Gasteiger partial charge is 0.478 e. The molecular weight excluding hydrogens is 254 g/mol. The molecule has 0 radical (unpaired) electrons. The molecule has 1 rings (SSSR count). The fourth-order valence-corrected chi connectivity index (χ4v) is 2.25. The molecule has 6 heteroatoms. The number of aliphatic hydroxyl groups excluding tert-OH is 1. The summed E-state index contributed by atoms with van der Waals surface area (Å²) in [6, 6.07) is 1.71. The number of aliphatic hydroxyl groups is 1. The van der Waals surface area contributed by atoms with Crippen molar-refractivity contribution >= 4 is 29.3 Å². The minimum Gasteiger partial charge on any atom is -0.478 e. The van der Waals surface area contributed by atoms with Crippen molar-refractivity contribution in [1.29, 1.82) is 0 Å². The maximum absolute atomic E-state index is 12.1. The van der Waals surface area contributed by atoms with Gasteiger partial charge in [-0.1, -0.05) is 0 Å². The van der Waals surface area contributed by atoms with Crippen molar-refractivity contribution in [3.63, 3.8) is 0 Å². The van der Waals surface area contributed by atoms with Gasteiger partial charge in [-0.2, -0.15) is 0 Å². The van der Waals surface area contributed by atoms with Crippen LogP contribution in [0.1, 0.15) is 21.7 Å². The predicted molar refractivity (Wildman–Crippen MR) is 69.7 cm³/mol. The smallest absolute Gasteiger partial charge is 0.328 e. The van der Waals surface area contributed by atoms with Crippen LogP contribution >= 0.6 is 11.3 Å². The van der Waals surface area contributed by atoms with E-state index in [1.54, 1.807) is 18.5 Å². The van der Waals surface area contributed by atoms with Gasteiger partial charge in [0.05, 0.1) is 4.88 Å². The number of thiophene rings is 1. The van der Waals surface area contributed by atoms with Crippen LogP contribution < -0.4 is 0 Å². The van der Waals surface area contributed by atoms with Crippen LogP contribution in [0.5, 0.6) is 0 Å². The van der Waals surface area contributed by atoms with E-state index < -0.39 is 5.97 Å². The maximum Gasteiger partial charge on any atom is 0.328 e. The zero-order valence-electron chi connectivity index (χ0n) is 10.00. The Balaban J connectivity index is 2.80. The van der Waals surface area contributed by atoms with Crippen molar-refractivity contribution in [1.82, 2.24) is 4.90 Å². The van der Waals surface area contributed by atoms with Crippen molar-refractivity contribution in [3.05, 3.63) is 28.0 Å². The molecule has 5 nitrogen and oxygen atoms in total. The lowest BCUT2D eigenvalue weighted by molar-refractivity contribution is -0.131. The van der Waals surface area contributed by atoms with Gasteiger partial charge in [0.15, 0.2) is 0 Å². The van der Waals surface area contributed by atoms with Gasteiger partial charge in [0.25, 0.3) is 5.91 Å². The summed E-state index contributed by atoms with van der Waals surface area (Å²) < 4.78 is 0. The van der Waals surface area contributed by atoms with E-state index in [2.05, 4.69) is 0 Å². The van der Waals surface area contributed by atoms with Gasteiger partial charge in [0.2, 0.25) is 0 Å². The molecule has 1 aromatic heterocycles. The fourth-order valence-electron chi connectivity index (χ4n) is 1.37. The summed E-state index contributed by atoms with van der Waals surface area (Å²) in [5.41, 5.74) is 0.600. The molecule has 0 aliphatic heterocycles. The number of carbonyl (C=O) groups excluding carboxylic acids is 1. The van der Waals surface area contributed by atoms with E-state index in [0.717, 1.165) is 6.08 Å². The molecule has 1 aromatic rings. The summed E-state index contributed by atoms with van der Waals surface area (Å²) in [4.78, 5) is 24.5. The van der Waals surface area contributed by atoms with Gasteiger partial charge in [-0.3, -0.25) is 4.79 Å². The number of amides is 1. The Morgan fingerprint density at radius 2 is 2.22 bits per heavy atom. The van der Waals surface area contributed by atoms with Crippen molar-refractivity contribution < 1.29 is 19.8 Å². The normalized spacial score (nSPS) is 10.8. The highest BCUT2D eigenvalue weighted by molar-refractivity contribution is 7.12. The summed E-state index contributed by atoms with van der Waals surface area (Å²) in [6.45, 7) is 0.503. The number of carboxylic acid groups (broad SMARTS) is 1. The molecule has 0 atom stereocenters. The lowest BCUT2D eigenvalue weighted by Gasteiger charge is -2.15. The summed E-state index contributed by atoms with van der Waals surface area (Å²) in [6.07, 6.45) is 2.94. The lowest BCUT2D eigenvalue weighted by Crippen LogP contribution is -2.28. The van der Waals surface area contributed by atoms with E-state index in [1.165, 1.54) is 22.3 Å². The molecule has 0 spiro atoms. The lowest BCUT2D eigenvalue weighted by atomic mass is 10.2. The second-order valence-corrected chi connectivity index (χ2v) is 4.60. The van der Waals surface area contributed by atoms with Gasteiger partial charge in [0.1, 0.15) is 0 Å². The first kappa shape index (κ1) is 14.4. The molecule has 1 amide bonds. The van der Waals surface area contributed by atoms with Crippen molar-refractivity contribution in [2.24, 2.45) is 0 Å². The number of nitrogens with zero attached hydrogens (tertiary/aromatic N) is 1. The van der Waals surface area contributed by atoms with E-state index in [1.807, 2.05) is 0 Å². The molecule has 18 heavy (non-hydrogen) atoms. The Kier molecular flexibility index (Phi) is 5.54. The molecule has 0 saturated carbocycles. The van der Waals surface area contributed by atoms with E-state index in [4.69, 9.17) is 10.2 Å². The van der Waals surface area contributed by atoms with Crippen LogP contribution in [0.4, 0.5) is 0 Å². The van der Waals surface area contributed by atoms with Gasteiger partial charge in [0, 0.05) is 26.3 Å². The number of rotatable bonds is 6. The van der Waals surface area contributed by atoms with Gasteiger partial charge in [-0.25, -0.2) is 4.79 Å². The molecule has 0 unspecified atom stereocenters. The third-order valence-electron chi connectivity index (χ3n) is 2.29. The van der Waals surface area contributed by atoms with E-state index in [9.17, 15) is 9.59 Å². The first-order valence-electron chi connectivity index (χ1n) is 5.41. The van der Waals surface area contributed by atoms with E-state index in [-0.39, 0.29) is 12.5 Å². The summed E-state index contributed by atoms with van der Waals surface area (Å²) in [7, 11) is 1.66. The van der Waals surface area contributed by atoms with Crippen molar-refractivity contribution in [2.45, 2.75) is 6.42 Å². The first-order chi connectivity index (χ1) is 8.56. The molecule has 0 aromatic carbocycles. The summed E-state index contributed by atoms with van der Waals surface area (Å²) in [5.74, 6) is -1.21. The zero-order chi connectivity index (χ0) is 13.5. The summed E-state index contributed by atoms with van der Waals surface area (Å²) in [5, 5.41) is 19.0. The fraction of sp³-hybridized carbons (Fsp3) is 0.333. The minimum absolute atomic E-state index is 0.0356. The second-order valence-electron chi connectivity index (χ2n) is 3.68. The third-order valence-corrected chi connectivity index (χ3v) is 3.21. The van der Waals surface area contributed by atoms with Gasteiger partial charge in [-0.15, -0.1) is 11.3 Å². The second kappa shape index (κ2) is 6.93. The van der Waals surface area contributed by atoms with Crippen LogP contribution in [0.3, 0.4) is 0 Å². The van der Waals surface area contributed by atoms with Crippen LogP contribution in [0.25, 0.3) is 6.08 Å². The average molecular weight is 269 g/mol. The number of carboxylic acids is 1. The maximum atomic E-state index is 12.1. The topological polar surface area (TPSA) is 77.8 Å². The Bertz CT molecular complexity index is 453. The number of aliphatic carboxylic acids is 1. The zero-order valence-corrected chi connectivity index (χ0v) is 10.8. The van der Waals surface area contributed by atoms with Crippen LogP contribution in [0, 0.1) is 0 Å². The number of hydrogen-bond donors (Lipinski definition) is 2. The quantitative estimate of drug-likeness (QED) is 0.763. The molecule has 98 valence electrons. The third kappa shape index (κ3) is 3.97. The van der Waals surface area contributed by atoms with E-state index >= 15 is 0 Å². The first-order valence-corrected chi connectivity index (χ1v) is 6.29. The van der Waals surface area contributed by atoms with E-state index in [0.29, 0.717) is 23.4 Å². The monoisotopic (exact) mass is 269 g/mol. The molecule has 0 aliphatic carbocycles. The van der Waals surface area contributed by atoms with Crippen LogP contribution in [-0.2, 0) is 4.79 Å².